The molecule has 2 heterocycles. The van der Waals surface area contributed by atoms with E-state index in [1.54, 1.807) is 0 Å². The fourth-order valence-electron chi connectivity index (χ4n) is 2.65. The van der Waals surface area contributed by atoms with Gasteiger partial charge in [-0.15, -0.1) is 0 Å². The highest BCUT2D eigenvalue weighted by Gasteiger charge is 2.19. The van der Waals surface area contributed by atoms with E-state index in [0.29, 0.717) is 6.04 Å². The van der Waals surface area contributed by atoms with Crippen LogP contribution < -0.4 is 10.6 Å². The molecule has 2 fully saturated rings. The third-order valence-corrected chi connectivity index (χ3v) is 3.78. The average molecular weight is 211 g/mol. The first-order valence-corrected chi connectivity index (χ1v) is 6.54. The number of piperidine rings is 1. The van der Waals surface area contributed by atoms with Crippen LogP contribution in [0.1, 0.15) is 32.6 Å². The summed E-state index contributed by atoms with van der Waals surface area (Å²) in [7, 11) is 0. The lowest BCUT2D eigenvalue weighted by atomic mass is 10.1. The third kappa shape index (κ3) is 3.44. The largest absolute Gasteiger partial charge is 0.315 e. The second kappa shape index (κ2) is 5.83. The lowest BCUT2D eigenvalue weighted by Gasteiger charge is -2.33. The Bertz CT molecular complexity index is 172. The van der Waals surface area contributed by atoms with E-state index in [2.05, 4.69) is 22.5 Å². The molecule has 15 heavy (non-hydrogen) atoms. The molecule has 0 radical (unpaired) electrons. The molecule has 3 nitrogen and oxygen atoms in total. The van der Waals surface area contributed by atoms with Gasteiger partial charge >= 0.3 is 0 Å². The molecule has 0 bridgehead atoms. The lowest BCUT2D eigenvalue weighted by molar-refractivity contribution is 0.168. The van der Waals surface area contributed by atoms with Gasteiger partial charge in [0.15, 0.2) is 0 Å². The van der Waals surface area contributed by atoms with Gasteiger partial charge in [-0.1, -0.05) is 6.42 Å². The van der Waals surface area contributed by atoms with Crippen molar-refractivity contribution < 1.29 is 0 Å². The topological polar surface area (TPSA) is 27.3 Å². The highest BCUT2D eigenvalue weighted by atomic mass is 15.2. The van der Waals surface area contributed by atoms with Crippen molar-refractivity contribution in [1.29, 1.82) is 0 Å². The molecule has 0 aromatic carbocycles. The number of hydrogen-bond acceptors (Lipinski definition) is 3. The second-order valence-electron chi connectivity index (χ2n) is 5.04. The minimum atomic E-state index is 0.714. The summed E-state index contributed by atoms with van der Waals surface area (Å²) in [6.45, 7) is 8.49. The van der Waals surface area contributed by atoms with E-state index in [4.69, 9.17) is 0 Å². The Morgan fingerprint density at radius 2 is 2.13 bits per heavy atom. The monoisotopic (exact) mass is 211 g/mol. The highest BCUT2D eigenvalue weighted by molar-refractivity contribution is 4.80. The van der Waals surface area contributed by atoms with E-state index in [1.165, 1.54) is 45.3 Å². The first-order chi connectivity index (χ1) is 7.36. The summed E-state index contributed by atoms with van der Waals surface area (Å²) in [4.78, 5) is 2.64. The van der Waals surface area contributed by atoms with Gasteiger partial charge < -0.3 is 10.6 Å². The molecule has 0 saturated carbocycles. The fraction of sp³-hybridized carbons (Fsp3) is 1.00. The molecule has 2 N–H and O–H groups in total. The molecule has 2 aliphatic rings. The third-order valence-electron chi connectivity index (χ3n) is 3.78. The van der Waals surface area contributed by atoms with Crippen LogP contribution in [0.2, 0.25) is 0 Å². The van der Waals surface area contributed by atoms with Crippen LogP contribution in [-0.4, -0.2) is 49.7 Å². The maximum Gasteiger partial charge on any atom is 0.0205 e. The molecule has 0 aromatic heterocycles. The predicted octanol–water partition coefficient (Wildman–Crippen LogP) is 0.812. The minimum Gasteiger partial charge on any atom is -0.315 e. The number of rotatable bonds is 4. The summed E-state index contributed by atoms with van der Waals surface area (Å²) >= 11 is 0. The number of hydrogen-bond donors (Lipinski definition) is 2. The van der Waals surface area contributed by atoms with Crippen molar-refractivity contribution >= 4 is 0 Å². The van der Waals surface area contributed by atoms with Crippen LogP contribution in [0.3, 0.4) is 0 Å². The highest BCUT2D eigenvalue weighted by Crippen LogP contribution is 2.11. The molecule has 88 valence electrons. The van der Waals surface area contributed by atoms with Gasteiger partial charge in [-0.05, 0) is 45.8 Å². The maximum absolute atomic E-state index is 3.67. The zero-order chi connectivity index (χ0) is 10.5. The number of nitrogens with zero attached hydrogens (tertiary/aromatic N) is 1. The number of likely N-dealkylation sites (tertiary alicyclic amines) is 1. The van der Waals surface area contributed by atoms with Crippen molar-refractivity contribution in [3.05, 3.63) is 0 Å². The predicted molar refractivity (Wildman–Crippen MR) is 64.2 cm³/mol. The molecule has 0 spiro atoms. The Labute approximate surface area is 93.6 Å². The molecule has 2 saturated heterocycles. The zero-order valence-corrected chi connectivity index (χ0v) is 9.97. The van der Waals surface area contributed by atoms with Crippen molar-refractivity contribution in [1.82, 2.24) is 15.5 Å². The van der Waals surface area contributed by atoms with Crippen LogP contribution in [0, 0.1) is 0 Å². The smallest absolute Gasteiger partial charge is 0.0205 e. The quantitative estimate of drug-likeness (QED) is 0.721. The Kier molecular flexibility index (Phi) is 4.42. The lowest BCUT2D eigenvalue weighted by Crippen LogP contribution is -2.45. The van der Waals surface area contributed by atoms with Crippen molar-refractivity contribution in [3.8, 4) is 0 Å². The Morgan fingerprint density at radius 1 is 1.33 bits per heavy atom. The van der Waals surface area contributed by atoms with Crippen LogP contribution in [0.5, 0.6) is 0 Å². The molecule has 2 rings (SSSR count). The van der Waals surface area contributed by atoms with Gasteiger partial charge in [0.05, 0.1) is 0 Å². The van der Waals surface area contributed by atoms with Gasteiger partial charge in [0.25, 0.3) is 0 Å². The first-order valence-electron chi connectivity index (χ1n) is 6.54. The fourth-order valence-corrected chi connectivity index (χ4v) is 2.65. The molecule has 0 aromatic rings. The van der Waals surface area contributed by atoms with E-state index in [0.717, 1.165) is 19.1 Å². The minimum absolute atomic E-state index is 0.714. The molecule has 2 unspecified atom stereocenters. The van der Waals surface area contributed by atoms with E-state index in [-0.39, 0.29) is 0 Å². The van der Waals surface area contributed by atoms with Gasteiger partial charge in [0.1, 0.15) is 0 Å². The molecular formula is C12H25N3. The molecule has 2 atom stereocenters. The summed E-state index contributed by atoms with van der Waals surface area (Å²) in [6, 6.07) is 1.43. The van der Waals surface area contributed by atoms with Crippen LogP contribution in [0.15, 0.2) is 0 Å². The molecular weight excluding hydrogens is 186 g/mol. The van der Waals surface area contributed by atoms with Crippen LogP contribution in [0.25, 0.3) is 0 Å². The first kappa shape index (κ1) is 11.4. The van der Waals surface area contributed by atoms with E-state index < -0.39 is 0 Å². The maximum atomic E-state index is 3.67. The van der Waals surface area contributed by atoms with E-state index in [1.807, 2.05) is 0 Å². The molecule has 0 aliphatic carbocycles. The summed E-state index contributed by atoms with van der Waals surface area (Å²) in [5.41, 5.74) is 0. The number of nitrogens with one attached hydrogen (secondary N) is 2. The van der Waals surface area contributed by atoms with Crippen LogP contribution in [-0.2, 0) is 0 Å². The van der Waals surface area contributed by atoms with Crippen molar-refractivity contribution in [2.45, 2.75) is 44.7 Å². The van der Waals surface area contributed by atoms with Gasteiger partial charge in [0.2, 0.25) is 0 Å². The van der Waals surface area contributed by atoms with Crippen molar-refractivity contribution in [2.75, 3.05) is 32.7 Å². The van der Waals surface area contributed by atoms with Gasteiger partial charge in [0, 0.05) is 25.2 Å². The Hall–Kier alpha value is -0.120. The summed E-state index contributed by atoms with van der Waals surface area (Å²) in [5, 5.41) is 7.07. The second-order valence-corrected chi connectivity index (χ2v) is 5.04. The Balaban J connectivity index is 1.64. The Morgan fingerprint density at radius 3 is 2.80 bits per heavy atom. The van der Waals surface area contributed by atoms with Gasteiger partial charge in [-0.3, -0.25) is 4.90 Å². The van der Waals surface area contributed by atoms with Crippen LogP contribution >= 0.6 is 0 Å². The van der Waals surface area contributed by atoms with Crippen molar-refractivity contribution in [3.63, 3.8) is 0 Å². The van der Waals surface area contributed by atoms with E-state index in [9.17, 15) is 0 Å². The van der Waals surface area contributed by atoms with E-state index >= 15 is 0 Å². The summed E-state index contributed by atoms with van der Waals surface area (Å²) in [5.74, 6) is 0. The summed E-state index contributed by atoms with van der Waals surface area (Å²) in [6.07, 6.45) is 5.53. The van der Waals surface area contributed by atoms with Crippen molar-refractivity contribution in [2.24, 2.45) is 0 Å². The normalized spacial score (nSPS) is 30.6. The average Bonchev–Trinajstić information content (AvgIpc) is 2.80. The molecule has 0 amide bonds. The summed E-state index contributed by atoms with van der Waals surface area (Å²) < 4.78 is 0. The molecule has 3 heteroatoms. The van der Waals surface area contributed by atoms with Crippen LogP contribution in [0.4, 0.5) is 0 Å². The molecule has 2 aliphatic heterocycles. The zero-order valence-electron chi connectivity index (χ0n) is 9.97. The van der Waals surface area contributed by atoms with Gasteiger partial charge in [-0.2, -0.15) is 0 Å². The SMILES string of the molecule is CC(CNC1CCNC1)N1CCCCC1. The van der Waals surface area contributed by atoms with Gasteiger partial charge in [-0.25, -0.2) is 0 Å². The standard InChI is InChI=1S/C12H25N3/c1-11(15-7-3-2-4-8-15)9-14-12-5-6-13-10-12/h11-14H,2-10H2,1H3.